The summed E-state index contributed by atoms with van der Waals surface area (Å²) in [6.07, 6.45) is 0.0476. The number of fused-ring (bicyclic) bond motifs is 1. The second kappa shape index (κ2) is 14.1. The van der Waals surface area contributed by atoms with Crippen molar-refractivity contribution in [3.8, 4) is 6.07 Å². The third-order valence-corrected chi connectivity index (χ3v) is 9.46. The van der Waals surface area contributed by atoms with Gasteiger partial charge in [-0.15, -0.1) is 23.1 Å². The van der Waals surface area contributed by atoms with Crippen LogP contribution in [-0.2, 0) is 22.5 Å². The molecular formula is C34H31N5O6S2. The maximum atomic E-state index is 13.9. The summed E-state index contributed by atoms with van der Waals surface area (Å²) in [5, 5.41) is 26.5. The maximum Gasteiger partial charge on any atom is 0.410 e. The summed E-state index contributed by atoms with van der Waals surface area (Å²) in [6, 6.07) is 23.8. The standard InChI is InChI=1S/C34H31N5O6S2/c1-34(2,3)45-33(42)38-17-16-26-27(19-35)32(47-28(26)20-38)37-31(41)29(21-8-5-4-6-9-21)46-25-11-7-10-23(18-25)36-30(40)22-12-14-24(15-13-22)39(43)44/h4-15,18,29H,16-17,20H2,1-3H3,(H,36,40)(H,37,41). The van der Waals surface area contributed by atoms with Crippen LogP contribution in [0.25, 0.3) is 0 Å². The number of benzene rings is 3. The summed E-state index contributed by atoms with van der Waals surface area (Å²) in [5.74, 6) is -0.768. The molecule has 2 N–H and O–H groups in total. The first kappa shape index (κ1) is 33.2. The van der Waals surface area contributed by atoms with Gasteiger partial charge in [0.15, 0.2) is 0 Å². The quantitative estimate of drug-likeness (QED) is 0.111. The number of nitrogens with one attached hydrogen (secondary N) is 2. The monoisotopic (exact) mass is 669 g/mol. The van der Waals surface area contributed by atoms with Crippen LogP contribution in [0, 0.1) is 21.4 Å². The van der Waals surface area contributed by atoms with Gasteiger partial charge in [-0.2, -0.15) is 5.26 Å². The number of carbonyl (C=O) groups excluding carboxylic acids is 3. The molecule has 0 saturated heterocycles. The summed E-state index contributed by atoms with van der Waals surface area (Å²) >= 11 is 2.57. The van der Waals surface area contributed by atoms with Crippen LogP contribution in [0.1, 0.15) is 57.9 Å². The van der Waals surface area contributed by atoms with Crippen LogP contribution >= 0.6 is 23.1 Å². The average molecular weight is 670 g/mol. The Bertz CT molecular complexity index is 1860. The SMILES string of the molecule is CC(C)(C)OC(=O)N1CCc2c(sc(NC(=O)C(Sc3cccc(NC(=O)c4ccc([N+](=O)[O-])cc4)c3)c3ccccc3)c2C#N)C1. The first-order valence-corrected chi connectivity index (χ1v) is 16.3. The maximum absolute atomic E-state index is 13.9. The molecule has 3 amide bonds. The van der Waals surface area contributed by atoms with Crippen molar-refractivity contribution in [2.24, 2.45) is 0 Å². The van der Waals surface area contributed by atoms with Crippen LogP contribution < -0.4 is 10.6 Å². The highest BCUT2D eigenvalue weighted by Gasteiger charge is 2.31. The predicted molar refractivity (Wildman–Crippen MR) is 181 cm³/mol. The van der Waals surface area contributed by atoms with Crippen molar-refractivity contribution in [3.05, 3.63) is 116 Å². The van der Waals surface area contributed by atoms with Gasteiger partial charge in [-0.1, -0.05) is 36.4 Å². The number of ether oxygens (including phenoxy) is 1. The molecule has 11 nitrogen and oxygen atoms in total. The van der Waals surface area contributed by atoms with Crippen molar-refractivity contribution in [1.29, 1.82) is 5.26 Å². The molecule has 4 aromatic rings. The fourth-order valence-electron chi connectivity index (χ4n) is 4.89. The van der Waals surface area contributed by atoms with Crippen LogP contribution in [0.3, 0.4) is 0 Å². The van der Waals surface area contributed by atoms with Crippen molar-refractivity contribution in [2.45, 2.75) is 49.5 Å². The van der Waals surface area contributed by atoms with Crippen molar-refractivity contribution >= 4 is 57.4 Å². The van der Waals surface area contributed by atoms with E-state index in [0.29, 0.717) is 34.1 Å². The largest absolute Gasteiger partial charge is 0.444 e. The molecule has 5 rings (SSSR count). The number of nitriles is 1. The van der Waals surface area contributed by atoms with Gasteiger partial charge in [0.25, 0.3) is 11.6 Å². The molecule has 1 aliphatic rings. The van der Waals surface area contributed by atoms with Crippen LogP contribution in [0.2, 0.25) is 0 Å². The van der Waals surface area contributed by atoms with Gasteiger partial charge in [-0.3, -0.25) is 19.7 Å². The van der Waals surface area contributed by atoms with Gasteiger partial charge in [0.2, 0.25) is 5.91 Å². The van der Waals surface area contributed by atoms with E-state index in [1.54, 1.807) is 23.1 Å². The van der Waals surface area contributed by atoms with E-state index in [4.69, 9.17) is 4.74 Å². The number of hydrogen-bond acceptors (Lipinski definition) is 9. The molecule has 0 spiro atoms. The highest BCUT2D eigenvalue weighted by molar-refractivity contribution is 8.00. The molecule has 2 heterocycles. The van der Waals surface area contributed by atoms with Crippen LogP contribution in [0.5, 0.6) is 0 Å². The van der Waals surface area contributed by atoms with Crippen LogP contribution in [0.15, 0.2) is 83.8 Å². The third kappa shape index (κ3) is 8.16. The lowest BCUT2D eigenvalue weighted by atomic mass is 10.0. The number of amides is 3. The Morgan fingerprint density at radius 3 is 2.43 bits per heavy atom. The van der Waals surface area contributed by atoms with Gasteiger partial charge in [-0.25, -0.2) is 4.79 Å². The van der Waals surface area contributed by atoms with Crippen molar-refractivity contribution in [3.63, 3.8) is 0 Å². The van der Waals surface area contributed by atoms with E-state index in [1.807, 2.05) is 57.2 Å². The van der Waals surface area contributed by atoms with Gasteiger partial charge in [-0.05, 0) is 68.7 Å². The fraction of sp³-hybridized carbons (Fsp3) is 0.235. The second-order valence-electron chi connectivity index (χ2n) is 11.7. The molecule has 1 aromatic heterocycles. The Balaban J connectivity index is 1.34. The molecule has 1 unspecified atom stereocenters. The van der Waals surface area contributed by atoms with E-state index in [2.05, 4.69) is 16.7 Å². The Labute approximate surface area is 279 Å². The Kier molecular flexibility index (Phi) is 9.93. The number of non-ortho nitro benzene ring substituents is 1. The zero-order valence-electron chi connectivity index (χ0n) is 25.8. The van der Waals surface area contributed by atoms with Gasteiger partial charge in [0.1, 0.15) is 21.9 Å². The van der Waals surface area contributed by atoms with Gasteiger partial charge >= 0.3 is 6.09 Å². The van der Waals surface area contributed by atoms with Crippen molar-refractivity contribution in [1.82, 2.24) is 4.90 Å². The molecule has 3 aromatic carbocycles. The number of carbonyl (C=O) groups is 3. The Morgan fingerprint density at radius 1 is 1.04 bits per heavy atom. The summed E-state index contributed by atoms with van der Waals surface area (Å²) in [6.45, 7) is 6.11. The predicted octanol–water partition coefficient (Wildman–Crippen LogP) is 7.55. The zero-order chi connectivity index (χ0) is 33.7. The molecule has 0 fully saturated rings. The van der Waals surface area contributed by atoms with Crippen LogP contribution in [-0.4, -0.2) is 39.9 Å². The fourth-order valence-corrected chi connectivity index (χ4v) is 7.19. The van der Waals surface area contributed by atoms with E-state index in [1.165, 1.54) is 47.4 Å². The highest BCUT2D eigenvalue weighted by Crippen LogP contribution is 2.41. The minimum absolute atomic E-state index is 0.113. The van der Waals surface area contributed by atoms with Gasteiger partial charge in [0.05, 0.1) is 17.0 Å². The van der Waals surface area contributed by atoms with E-state index >= 15 is 0 Å². The first-order valence-electron chi connectivity index (χ1n) is 14.6. The smallest absolute Gasteiger partial charge is 0.410 e. The minimum Gasteiger partial charge on any atom is -0.444 e. The normalized spacial score (nSPS) is 13.1. The lowest BCUT2D eigenvalue weighted by molar-refractivity contribution is -0.384. The highest BCUT2D eigenvalue weighted by atomic mass is 32.2. The first-order chi connectivity index (χ1) is 22.4. The van der Waals surface area contributed by atoms with Crippen molar-refractivity contribution in [2.75, 3.05) is 17.2 Å². The molecule has 13 heteroatoms. The Morgan fingerprint density at radius 2 is 1.77 bits per heavy atom. The third-order valence-electron chi connectivity index (χ3n) is 7.08. The number of thiophene rings is 1. The summed E-state index contributed by atoms with van der Waals surface area (Å²) < 4.78 is 5.53. The van der Waals surface area contributed by atoms with Gasteiger partial charge in [0, 0.05) is 39.7 Å². The summed E-state index contributed by atoms with van der Waals surface area (Å²) in [7, 11) is 0. The molecule has 1 atom stereocenters. The second-order valence-corrected chi connectivity index (χ2v) is 13.9. The molecular weight excluding hydrogens is 639 g/mol. The van der Waals surface area contributed by atoms with E-state index in [0.717, 1.165) is 16.0 Å². The molecule has 0 radical (unpaired) electrons. The molecule has 0 saturated carbocycles. The van der Waals surface area contributed by atoms with Gasteiger partial charge < -0.3 is 20.3 Å². The molecule has 1 aliphatic heterocycles. The molecule has 240 valence electrons. The van der Waals surface area contributed by atoms with Crippen molar-refractivity contribution < 1.29 is 24.0 Å². The number of nitrogens with zero attached hydrogens (tertiary/aromatic N) is 3. The number of nitro groups is 1. The average Bonchev–Trinajstić information content (AvgIpc) is 3.39. The number of thioether (sulfide) groups is 1. The zero-order valence-corrected chi connectivity index (χ0v) is 27.4. The number of nitro benzene ring substituents is 1. The van der Waals surface area contributed by atoms with E-state index < -0.39 is 27.8 Å². The minimum atomic E-state index is -0.708. The van der Waals surface area contributed by atoms with E-state index in [9.17, 15) is 29.8 Å². The molecule has 0 aliphatic carbocycles. The number of rotatable bonds is 8. The summed E-state index contributed by atoms with van der Waals surface area (Å²) in [4.78, 5) is 53.0. The molecule has 0 bridgehead atoms. The summed E-state index contributed by atoms with van der Waals surface area (Å²) in [5.41, 5.74) is 1.97. The van der Waals surface area contributed by atoms with E-state index in [-0.39, 0.29) is 23.7 Å². The Hall–Kier alpha value is -5.19. The lowest BCUT2D eigenvalue weighted by Crippen LogP contribution is -2.39. The lowest BCUT2D eigenvalue weighted by Gasteiger charge is -2.29. The number of anilines is 2. The van der Waals surface area contributed by atoms with Crippen LogP contribution in [0.4, 0.5) is 21.2 Å². The topological polar surface area (TPSA) is 155 Å². The number of hydrogen-bond donors (Lipinski definition) is 2. The molecule has 47 heavy (non-hydrogen) atoms.